The van der Waals surface area contributed by atoms with E-state index in [1.165, 1.54) is 21.7 Å². The Bertz CT molecular complexity index is 2370. The van der Waals surface area contributed by atoms with Crippen LogP contribution in [-0.4, -0.2) is 24.1 Å². The van der Waals surface area contributed by atoms with E-state index in [1.54, 1.807) is 0 Å². The van der Waals surface area contributed by atoms with Crippen LogP contribution in [0.4, 0.5) is 0 Å². The summed E-state index contributed by atoms with van der Waals surface area (Å²) >= 11 is 0. The van der Waals surface area contributed by atoms with Gasteiger partial charge in [0.1, 0.15) is 0 Å². The number of para-hydroxylation sites is 2. The summed E-state index contributed by atoms with van der Waals surface area (Å²) in [6.45, 7) is 0. The zero-order valence-corrected chi connectivity index (χ0v) is 24.4. The monoisotopic (exact) mass is 577 g/mol. The number of aromatic nitrogens is 5. The average molecular weight is 578 g/mol. The van der Waals surface area contributed by atoms with Crippen molar-refractivity contribution in [2.75, 3.05) is 0 Å². The van der Waals surface area contributed by atoms with Crippen LogP contribution in [0, 0.1) is 0 Å². The second-order valence-corrected chi connectivity index (χ2v) is 11.2. The van der Waals surface area contributed by atoms with Crippen molar-refractivity contribution in [1.29, 1.82) is 0 Å². The first-order chi connectivity index (χ1) is 22.3. The molecule has 0 atom stereocenters. The number of rotatable bonds is 4. The van der Waals surface area contributed by atoms with Crippen LogP contribution in [-0.2, 0) is 6.42 Å². The SMILES string of the molecule is C1=CCc2c(c3ccc4c5ccccc5n(-c5ccccc5)c4c3n2-c2nc(-c3ccccc3)nc(-c3ccccc3)n2)C=C1. The van der Waals surface area contributed by atoms with Gasteiger partial charge in [0.15, 0.2) is 11.6 Å². The largest absolute Gasteiger partial charge is 0.307 e. The average Bonchev–Trinajstić information content (AvgIpc) is 3.50. The van der Waals surface area contributed by atoms with Gasteiger partial charge in [-0.1, -0.05) is 133 Å². The third-order valence-corrected chi connectivity index (χ3v) is 8.63. The molecule has 0 spiro atoms. The standard InChI is InChI=1S/C40H27N5/c1-5-15-27(16-6-1)38-41-39(28-17-7-2-8-18-28)43-40(42-38)45-35-23-12-4-11-21-31(35)33-26-25-32-30-22-13-14-24-34(30)44(36(32)37(33)45)29-19-9-3-10-20-29/h1-22,24-26H,23H2. The minimum atomic E-state index is 0.607. The zero-order valence-electron chi connectivity index (χ0n) is 24.4. The van der Waals surface area contributed by atoms with Gasteiger partial charge in [-0.3, -0.25) is 4.57 Å². The van der Waals surface area contributed by atoms with Crippen molar-refractivity contribution in [2.45, 2.75) is 6.42 Å². The van der Waals surface area contributed by atoms with E-state index >= 15 is 0 Å². The van der Waals surface area contributed by atoms with Gasteiger partial charge >= 0.3 is 0 Å². The van der Waals surface area contributed by atoms with E-state index < -0.39 is 0 Å². The fraction of sp³-hybridized carbons (Fsp3) is 0.0250. The lowest BCUT2D eigenvalue weighted by molar-refractivity contribution is 0.889. The maximum Gasteiger partial charge on any atom is 0.238 e. The van der Waals surface area contributed by atoms with Gasteiger partial charge < -0.3 is 4.57 Å². The molecule has 8 aromatic rings. The minimum absolute atomic E-state index is 0.607. The van der Waals surface area contributed by atoms with E-state index in [0.717, 1.165) is 45.5 Å². The molecule has 0 saturated heterocycles. The smallest absolute Gasteiger partial charge is 0.238 e. The molecule has 3 aromatic heterocycles. The van der Waals surface area contributed by atoms with Gasteiger partial charge in [-0.15, -0.1) is 0 Å². The molecule has 0 unspecified atom stereocenters. The van der Waals surface area contributed by atoms with E-state index in [2.05, 4.69) is 124 Å². The highest BCUT2D eigenvalue weighted by Crippen LogP contribution is 2.41. The first-order valence-electron chi connectivity index (χ1n) is 15.2. The molecule has 9 rings (SSSR count). The number of benzene rings is 5. The minimum Gasteiger partial charge on any atom is -0.307 e. The molecular formula is C40H27N5. The molecule has 0 N–H and O–H groups in total. The van der Waals surface area contributed by atoms with Gasteiger partial charge in [0.2, 0.25) is 5.95 Å². The molecule has 5 aromatic carbocycles. The third kappa shape index (κ3) is 4.05. The van der Waals surface area contributed by atoms with Gasteiger partial charge in [0.05, 0.1) is 16.6 Å². The van der Waals surface area contributed by atoms with Crippen molar-refractivity contribution in [3.8, 4) is 34.4 Å². The molecule has 45 heavy (non-hydrogen) atoms. The summed E-state index contributed by atoms with van der Waals surface area (Å²) in [6, 6.07) is 44.2. The van der Waals surface area contributed by atoms with Crippen molar-refractivity contribution >= 4 is 38.8 Å². The zero-order chi connectivity index (χ0) is 29.7. The Hall–Kier alpha value is -6.07. The molecule has 0 radical (unpaired) electrons. The summed E-state index contributed by atoms with van der Waals surface area (Å²) < 4.78 is 4.67. The van der Waals surface area contributed by atoms with Crippen molar-refractivity contribution in [1.82, 2.24) is 24.1 Å². The highest BCUT2D eigenvalue weighted by atomic mass is 15.2. The molecular weight excluding hydrogens is 550 g/mol. The number of hydrogen-bond donors (Lipinski definition) is 0. The number of hydrogen-bond acceptors (Lipinski definition) is 3. The Morgan fingerprint density at radius 1 is 0.489 bits per heavy atom. The summed E-state index contributed by atoms with van der Waals surface area (Å²) in [5, 5.41) is 3.57. The molecule has 0 bridgehead atoms. The molecule has 5 nitrogen and oxygen atoms in total. The van der Waals surface area contributed by atoms with Crippen LogP contribution in [0.5, 0.6) is 0 Å². The Morgan fingerprint density at radius 2 is 1.09 bits per heavy atom. The molecule has 1 aliphatic rings. The first kappa shape index (κ1) is 25.4. The van der Waals surface area contributed by atoms with Gasteiger partial charge in [0, 0.05) is 50.7 Å². The second-order valence-electron chi connectivity index (χ2n) is 11.2. The highest BCUT2D eigenvalue weighted by molar-refractivity contribution is 6.19. The van der Waals surface area contributed by atoms with Gasteiger partial charge in [-0.05, 0) is 18.2 Å². The summed E-state index contributed by atoms with van der Waals surface area (Å²) in [4.78, 5) is 15.4. The van der Waals surface area contributed by atoms with Crippen LogP contribution < -0.4 is 0 Å². The number of allylic oxidation sites excluding steroid dienone is 3. The Morgan fingerprint density at radius 3 is 1.80 bits per heavy atom. The van der Waals surface area contributed by atoms with Crippen molar-refractivity contribution in [3.05, 3.63) is 157 Å². The van der Waals surface area contributed by atoms with Crippen LogP contribution >= 0.6 is 0 Å². The lowest BCUT2D eigenvalue weighted by atomic mass is 10.1. The summed E-state index contributed by atoms with van der Waals surface area (Å²) in [7, 11) is 0. The normalized spacial score (nSPS) is 12.6. The highest BCUT2D eigenvalue weighted by Gasteiger charge is 2.25. The fourth-order valence-corrected chi connectivity index (χ4v) is 6.66. The Balaban J connectivity index is 1.47. The van der Waals surface area contributed by atoms with Crippen molar-refractivity contribution in [2.24, 2.45) is 0 Å². The van der Waals surface area contributed by atoms with Gasteiger partial charge in [-0.25, -0.2) is 4.98 Å². The lowest BCUT2D eigenvalue weighted by Crippen LogP contribution is -2.09. The second kappa shape index (κ2) is 10.3. The maximum atomic E-state index is 5.21. The Labute approximate surface area is 260 Å². The molecule has 1 aliphatic carbocycles. The molecule has 0 fully saturated rings. The van der Waals surface area contributed by atoms with Crippen LogP contribution in [0.3, 0.4) is 0 Å². The van der Waals surface area contributed by atoms with Crippen molar-refractivity contribution in [3.63, 3.8) is 0 Å². The lowest BCUT2D eigenvalue weighted by Gasteiger charge is -2.14. The third-order valence-electron chi connectivity index (χ3n) is 8.63. The van der Waals surface area contributed by atoms with Gasteiger partial charge in [-0.2, -0.15) is 9.97 Å². The van der Waals surface area contributed by atoms with Crippen LogP contribution in [0.1, 0.15) is 11.3 Å². The molecule has 5 heteroatoms. The predicted octanol–water partition coefficient (Wildman–Crippen LogP) is 9.37. The topological polar surface area (TPSA) is 48.5 Å². The van der Waals surface area contributed by atoms with E-state index in [4.69, 9.17) is 15.0 Å². The quantitative estimate of drug-likeness (QED) is 0.209. The molecule has 212 valence electrons. The molecule has 0 aliphatic heterocycles. The predicted molar refractivity (Wildman–Crippen MR) is 184 cm³/mol. The molecule has 0 amide bonds. The number of fused-ring (bicyclic) bond motifs is 7. The van der Waals surface area contributed by atoms with E-state index in [9.17, 15) is 0 Å². The van der Waals surface area contributed by atoms with Crippen molar-refractivity contribution < 1.29 is 0 Å². The fourth-order valence-electron chi connectivity index (χ4n) is 6.66. The van der Waals surface area contributed by atoms with Crippen LogP contribution in [0.25, 0.3) is 73.2 Å². The van der Waals surface area contributed by atoms with Crippen LogP contribution in [0.15, 0.2) is 146 Å². The molecule has 0 saturated carbocycles. The van der Waals surface area contributed by atoms with E-state index in [0.29, 0.717) is 17.6 Å². The van der Waals surface area contributed by atoms with Gasteiger partial charge in [0.25, 0.3) is 0 Å². The summed E-state index contributed by atoms with van der Waals surface area (Å²) in [5.74, 6) is 1.89. The van der Waals surface area contributed by atoms with Crippen LogP contribution in [0.2, 0.25) is 0 Å². The Kier molecular flexibility index (Phi) is 5.81. The first-order valence-corrected chi connectivity index (χ1v) is 15.2. The van der Waals surface area contributed by atoms with E-state index in [1.807, 2.05) is 36.4 Å². The maximum absolute atomic E-state index is 5.21. The summed E-state index contributed by atoms with van der Waals surface area (Å²) in [5.41, 5.74) is 8.72. The summed E-state index contributed by atoms with van der Waals surface area (Å²) in [6.07, 6.45) is 9.42. The van der Waals surface area contributed by atoms with E-state index in [-0.39, 0.29) is 0 Å². The number of nitrogens with zero attached hydrogens (tertiary/aromatic N) is 5. The molecule has 3 heterocycles.